The fraction of sp³-hybridized carbons (Fsp3) is 0.128. The van der Waals surface area contributed by atoms with Gasteiger partial charge in [-0.15, -0.1) is 0 Å². The molecule has 6 heteroatoms. The summed E-state index contributed by atoms with van der Waals surface area (Å²) < 4.78 is 0. The summed E-state index contributed by atoms with van der Waals surface area (Å²) in [7, 11) is 0. The number of nitrogens with two attached hydrogens (primary N) is 2. The van der Waals surface area contributed by atoms with Crippen LogP contribution < -0.4 is 21.3 Å². The van der Waals surface area contributed by atoms with Crippen molar-refractivity contribution < 1.29 is 0 Å². The molecule has 0 atom stereocenters. The monoisotopic (exact) mass is 588 g/mol. The highest BCUT2D eigenvalue weighted by Crippen LogP contribution is 2.55. The van der Waals surface area contributed by atoms with Crippen molar-refractivity contribution in [1.82, 2.24) is 9.97 Å². The molecule has 0 fully saturated rings. The Morgan fingerprint density at radius 1 is 0.467 bits per heavy atom. The van der Waals surface area contributed by atoms with Gasteiger partial charge < -0.3 is 21.3 Å². The van der Waals surface area contributed by atoms with Gasteiger partial charge in [-0.1, -0.05) is 48.5 Å². The second kappa shape index (κ2) is 12.4. The van der Waals surface area contributed by atoms with Crippen molar-refractivity contribution >= 4 is 34.1 Å². The zero-order valence-corrected chi connectivity index (χ0v) is 25.1. The van der Waals surface area contributed by atoms with Crippen LogP contribution in [-0.2, 0) is 5.41 Å². The number of nitrogens with zero attached hydrogens (tertiary/aromatic N) is 4. The fourth-order valence-electron chi connectivity index (χ4n) is 6.93. The number of para-hydroxylation sites is 2. The number of hydrogen-bond donors (Lipinski definition) is 2. The largest absolute Gasteiger partial charge is 0.330 e. The van der Waals surface area contributed by atoms with Crippen LogP contribution in [-0.4, -0.2) is 23.1 Å². The minimum atomic E-state index is -0.339. The van der Waals surface area contributed by atoms with E-state index >= 15 is 0 Å². The average Bonchev–Trinajstić information content (AvgIpc) is 3.35. The van der Waals surface area contributed by atoms with Gasteiger partial charge in [-0.2, -0.15) is 0 Å². The maximum absolute atomic E-state index is 6.42. The van der Waals surface area contributed by atoms with Crippen LogP contribution in [0.3, 0.4) is 0 Å². The molecule has 0 bridgehead atoms. The molecule has 0 amide bonds. The smallest absolute Gasteiger partial charge is 0.0644 e. The van der Waals surface area contributed by atoms with Gasteiger partial charge in [0, 0.05) is 40.6 Å². The van der Waals surface area contributed by atoms with Crippen LogP contribution in [0.1, 0.15) is 24.0 Å². The number of hydrogen-bond acceptors (Lipinski definition) is 6. The van der Waals surface area contributed by atoms with Crippen LogP contribution in [0.2, 0.25) is 0 Å². The maximum atomic E-state index is 6.42. The second-order valence-electron chi connectivity index (χ2n) is 11.4. The lowest BCUT2D eigenvalue weighted by Gasteiger charge is -2.34. The molecular formula is C39H36N6. The van der Waals surface area contributed by atoms with E-state index in [1.54, 1.807) is 12.4 Å². The number of benzene rings is 4. The molecular weight excluding hydrogens is 552 g/mol. The van der Waals surface area contributed by atoms with Crippen LogP contribution in [0.15, 0.2) is 146 Å². The van der Waals surface area contributed by atoms with Gasteiger partial charge in [0.25, 0.3) is 0 Å². The number of rotatable bonds is 10. The number of pyridine rings is 2. The van der Waals surface area contributed by atoms with Gasteiger partial charge in [-0.05, 0) is 121 Å². The lowest BCUT2D eigenvalue weighted by molar-refractivity contribution is 0.459. The summed E-state index contributed by atoms with van der Waals surface area (Å²) in [6.45, 7) is 1.09. The zero-order chi connectivity index (χ0) is 30.6. The summed E-state index contributed by atoms with van der Waals surface area (Å²) in [5.74, 6) is 0. The van der Waals surface area contributed by atoms with E-state index in [9.17, 15) is 0 Å². The molecule has 6 aromatic rings. The quantitative estimate of drug-likeness (QED) is 0.167. The summed E-state index contributed by atoms with van der Waals surface area (Å²) >= 11 is 0. The van der Waals surface area contributed by atoms with Gasteiger partial charge >= 0.3 is 0 Å². The van der Waals surface area contributed by atoms with E-state index in [0.717, 1.165) is 47.0 Å². The SMILES string of the molecule is NCCC1(CCN)c2cc(N(c3ccccc3)c3cccnc3)ccc2-c2ccc(N(c3ccccc3)c3cccnc3)cc21. The lowest BCUT2D eigenvalue weighted by Crippen LogP contribution is -2.31. The molecule has 2 heterocycles. The summed E-state index contributed by atoms with van der Waals surface area (Å²) in [5, 5.41) is 0. The van der Waals surface area contributed by atoms with E-state index in [0.29, 0.717) is 13.1 Å². The van der Waals surface area contributed by atoms with Gasteiger partial charge in [-0.25, -0.2) is 0 Å². The van der Waals surface area contributed by atoms with Gasteiger partial charge in [0.05, 0.1) is 23.8 Å². The normalized spacial score (nSPS) is 12.8. The van der Waals surface area contributed by atoms with Crippen LogP contribution in [0.5, 0.6) is 0 Å². The van der Waals surface area contributed by atoms with Gasteiger partial charge in [-0.3, -0.25) is 9.97 Å². The molecule has 4 aromatic carbocycles. The average molecular weight is 589 g/mol. The van der Waals surface area contributed by atoms with E-state index in [1.165, 1.54) is 22.3 Å². The molecule has 2 aromatic heterocycles. The third-order valence-corrected chi connectivity index (χ3v) is 8.82. The Balaban J connectivity index is 1.41. The molecule has 0 radical (unpaired) electrons. The van der Waals surface area contributed by atoms with Crippen LogP contribution in [0.4, 0.5) is 34.1 Å². The van der Waals surface area contributed by atoms with Crippen molar-refractivity contribution in [2.75, 3.05) is 22.9 Å². The zero-order valence-electron chi connectivity index (χ0n) is 25.1. The van der Waals surface area contributed by atoms with E-state index in [2.05, 4.69) is 117 Å². The number of anilines is 6. The fourth-order valence-corrected chi connectivity index (χ4v) is 6.93. The highest BCUT2D eigenvalue weighted by Gasteiger charge is 2.43. The van der Waals surface area contributed by atoms with E-state index in [4.69, 9.17) is 11.5 Å². The predicted octanol–water partition coefficient (Wildman–Crippen LogP) is 8.38. The Kier molecular flexibility index (Phi) is 7.82. The molecule has 7 rings (SSSR count). The minimum absolute atomic E-state index is 0.339. The molecule has 0 spiro atoms. The molecule has 45 heavy (non-hydrogen) atoms. The second-order valence-corrected chi connectivity index (χ2v) is 11.4. The first-order valence-corrected chi connectivity index (χ1v) is 15.4. The summed E-state index contributed by atoms with van der Waals surface area (Å²) in [6, 6.07) is 42.7. The number of aromatic nitrogens is 2. The Bertz CT molecular complexity index is 1660. The maximum Gasteiger partial charge on any atom is 0.0644 e. The first-order valence-electron chi connectivity index (χ1n) is 15.4. The first-order chi connectivity index (χ1) is 22.2. The predicted molar refractivity (Wildman–Crippen MR) is 185 cm³/mol. The van der Waals surface area contributed by atoms with Crippen LogP contribution in [0, 0.1) is 0 Å². The van der Waals surface area contributed by atoms with Crippen molar-refractivity contribution in [3.05, 3.63) is 157 Å². The van der Waals surface area contributed by atoms with E-state index in [-0.39, 0.29) is 5.41 Å². The molecule has 0 aliphatic heterocycles. The topological polar surface area (TPSA) is 84.3 Å². The molecule has 0 saturated carbocycles. The minimum Gasteiger partial charge on any atom is -0.330 e. The summed E-state index contributed by atoms with van der Waals surface area (Å²) in [6.07, 6.45) is 9.00. The molecule has 0 unspecified atom stereocenters. The van der Waals surface area contributed by atoms with Crippen molar-refractivity contribution in [1.29, 1.82) is 0 Å². The Morgan fingerprint density at radius 3 is 1.27 bits per heavy atom. The number of fused-ring (bicyclic) bond motifs is 3. The van der Waals surface area contributed by atoms with Gasteiger partial charge in [0.15, 0.2) is 0 Å². The highest BCUT2D eigenvalue weighted by atomic mass is 15.2. The van der Waals surface area contributed by atoms with Crippen molar-refractivity contribution in [2.24, 2.45) is 11.5 Å². The lowest BCUT2D eigenvalue weighted by atomic mass is 9.72. The van der Waals surface area contributed by atoms with Crippen molar-refractivity contribution in [3.63, 3.8) is 0 Å². The molecule has 0 saturated heterocycles. The standard InChI is InChI=1S/C39H36N6/c40-21-19-39(20-22-41)37-25-31(44(29-9-3-1-4-10-29)33-13-7-23-42-27-33)15-17-35(37)36-18-16-32(26-38(36)39)45(30-11-5-2-6-12-30)34-14-8-24-43-28-34/h1-18,23-28H,19-22,40-41H2. The summed E-state index contributed by atoms with van der Waals surface area (Å²) in [5.41, 5.74) is 23.8. The van der Waals surface area contributed by atoms with Crippen LogP contribution in [0.25, 0.3) is 11.1 Å². The third-order valence-electron chi connectivity index (χ3n) is 8.82. The van der Waals surface area contributed by atoms with Gasteiger partial charge in [0.1, 0.15) is 0 Å². The third kappa shape index (κ3) is 5.14. The molecule has 6 nitrogen and oxygen atoms in total. The Hall–Kier alpha value is -5.30. The van der Waals surface area contributed by atoms with Gasteiger partial charge in [0.2, 0.25) is 0 Å². The molecule has 1 aliphatic rings. The first kappa shape index (κ1) is 28.5. The van der Waals surface area contributed by atoms with Crippen molar-refractivity contribution in [3.8, 4) is 11.1 Å². The van der Waals surface area contributed by atoms with Crippen LogP contribution >= 0.6 is 0 Å². The van der Waals surface area contributed by atoms with E-state index < -0.39 is 0 Å². The Labute approximate surface area is 264 Å². The highest BCUT2D eigenvalue weighted by molar-refractivity contribution is 5.88. The Morgan fingerprint density at radius 2 is 0.889 bits per heavy atom. The molecule has 222 valence electrons. The summed E-state index contributed by atoms with van der Waals surface area (Å²) in [4.78, 5) is 13.4. The molecule has 1 aliphatic carbocycles. The van der Waals surface area contributed by atoms with E-state index in [1.807, 2.05) is 36.7 Å². The van der Waals surface area contributed by atoms with Crippen molar-refractivity contribution in [2.45, 2.75) is 18.3 Å². The molecule has 4 N–H and O–H groups in total.